The smallest absolute Gasteiger partial charge is 0.303 e. The van der Waals surface area contributed by atoms with Crippen LogP contribution in [0.25, 0.3) is 0 Å². The lowest BCUT2D eigenvalue weighted by Crippen LogP contribution is -2.40. The van der Waals surface area contributed by atoms with E-state index in [9.17, 15) is 9.59 Å². The zero-order valence-corrected chi connectivity index (χ0v) is 15.5. The fourth-order valence-electron chi connectivity index (χ4n) is 2.59. The molecule has 2 N–H and O–H groups in total. The van der Waals surface area contributed by atoms with Gasteiger partial charge in [0.2, 0.25) is 0 Å². The molecule has 26 heavy (non-hydrogen) atoms. The summed E-state index contributed by atoms with van der Waals surface area (Å²) < 4.78 is 16.9. The van der Waals surface area contributed by atoms with Gasteiger partial charge in [-0.2, -0.15) is 0 Å². The molecule has 0 aliphatic carbocycles. The molecule has 0 atom stereocenters. The first-order valence-corrected chi connectivity index (χ1v) is 8.63. The maximum absolute atomic E-state index is 11.0. The lowest BCUT2D eigenvalue weighted by molar-refractivity contribution is -0.230. The molecule has 0 spiro atoms. The van der Waals surface area contributed by atoms with Gasteiger partial charge in [0, 0.05) is 11.3 Å². The van der Waals surface area contributed by atoms with E-state index in [2.05, 4.69) is 0 Å². The topological polar surface area (TPSA) is 102 Å². The molecule has 2 rings (SSSR count). The Bertz CT molecular complexity index is 633. The highest BCUT2D eigenvalue weighted by Gasteiger charge is 2.29. The SMILES string of the molecule is CC1(C)COC(COc2cc(C(CC(=O)O)CC(=O)O)ccc2Cl)OC1. The number of carboxylic acid groups (broad SMARTS) is 2. The summed E-state index contributed by atoms with van der Waals surface area (Å²) in [6.45, 7) is 5.30. The van der Waals surface area contributed by atoms with Crippen LogP contribution < -0.4 is 4.74 Å². The number of carbonyl (C=O) groups is 2. The molecule has 1 aliphatic rings. The molecule has 0 amide bonds. The van der Waals surface area contributed by atoms with Crippen molar-refractivity contribution in [2.24, 2.45) is 5.41 Å². The molecule has 144 valence electrons. The molecule has 1 heterocycles. The maximum Gasteiger partial charge on any atom is 0.303 e. The van der Waals surface area contributed by atoms with Crippen LogP contribution in [0.3, 0.4) is 0 Å². The quantitative estimate of drug-likeness (QED) is 0.707. The van der Waals surface area contributed by atoms with Crippen LogP contribution in [0.4, 0.5) is 0 Å². The summed E-state index contributed by atoms with van der Waals surface area (Å²) in [6.07, 6.45) is -1.11. The summed E-state index contributed by atoms with van der Waals surface area (Å²) in [7, 11) is 0. The molecule has 1 aromatic carbocycles. The van der Waals surface area contributed by atoms with Crippen molar-refractivity contribution in [2.45, 2.75) is 38.9 Å². The number of halogens is 1. The Morgan fingerprint density at radius 1 is 1.23 bits per heavy atom. The van der Waals surface area contributed by atoms with E-state index in [0.717, 1.165) is 0 Å². The largest absolute Gasteiger partial charge is 0.487 e. The predicted molar refractivity (Wildman–Crippen MR) is 93.7 cm³/mol. The lowest BCUT2D eigenvalue weighted by Gasteiger charge is -2.34. The third kappa shape index (κ3) is 6.16. The Hall–Kier alpha value is -1.83. The van der Waals surface area contributed by atoms with Crippen molar-refractivity contribution in [1.29, 1.82) is 0 Å². The molecule has 7 nitrogen and oxygen atoms in total. The molecule has 0 unspecified atom stereocenters. The van der Waals surface area contributed by atoms with Crippen molar-refractivity contribution >= 4 is 23.5 Å². The first-order chi connectivity index (χ1) is 12.2. The number of aliphatic carboxylic acids is 2. The van der Waals surface area contributed by atoms with Gasteiger partial charge in [-0.15, -0.1) is 0 Å². The second-order valence-corrected chi connectivity index (χ2v) is 7.52. The molecule has 0 saturated carbocycles. The van der Waals surface area contributed by atoms with Gasteiger partial charge in [-0.1, -0.05) is 31.5 Å². The summed E-state index contributed by atoms with van der Waals surface area (Å²) in [4.78, 5) is 22.0. The van der Waals surface area contributed by atoms with Gasteiger partial charge in [-0.05, 0) is 17.7 Å². The van der Waals surface area contributed by atoms with Gasteiger partial charge in [0.05, 0.1) is 31.1 Å². The predicted octanol–water partition coefficient (Wildman–Crippen LogP) is 3.15. The number of benzene rings is 1. The molecule has 1 fully saturated rings. The third-order valence-corrected chi connectivity index (χ3v) is 4.28. The second-order valence-electron chi connectivity index (χ2n) is 7.11. The highest BCUT2D eigenvalue weighted by molar-refractivity contribution is 6.32. The summed E-state index contributed by atoms with van der Waals surface area (Å²) in [5.41, 5.74) is 0.496. The van der Waals surface area contributed by atoms with Crippen LogP contribution in [0.5, 0.6) is 5.75 Å². The molecule has 0 radical (unpaired) electrons. The number of ether oxygens (including phenoxy) is 3. The Morgan fingerprint density at radius 3 is 2.35 bits per heavy atom. The van der Waals surface area contributed by atoms with Crippen LogP contribution >= 0.6 is 11.6 Å². The number of hydrogen-bond acceptors (Lipinski definition) is 5. The standard InChI is InChI=1S/C18H23ClO7/c1-18(2)9-25-17(26-10-18)8-24-14-5-11(3-4-13(14)19)12(6-15(20)21)7-16(22)23/h3-5,12,17H,6-10H2,1-2H3,(H,20,21)(H,22,23). The Labute approximate surface area is 156 Å². The normalized spacial score (nSPS) is 17.2. The molecule has 1 aliphatic heterocycles. The van der Waals surface area contributed by atoms with Crippen molar-refractivity contribution in [3.05, 3.63) is 28.8 Å². The van der Waals surface area contributed by atoms with Gasteiger partial charge in [0.25, 0.3) is 0 Å². The van der Waals surface area contributed by atoms with Gasteiger partial charge < -0.3 is 24.4 Å². The van der Waals surface area contributed by atoms with Crippen LogP contribution in [0.1, 0.15) is 38.2 Å². The monoisotopic (exact) mass is 386 g/mol. The zero-order chi connectivity index (χ0) is 19.3. The molecule has 8 heteroatoms. The molecule has 1 aromatic rings. The molecule has 0 aromatic heterocycles. The summed E-state index contributed by atoms with van der Waals surface area (Å²) in [5, 5.41) is 18.4. The molecule has 1 saturated heterocycles. The van der Waals surface area contributed by atoms with Crippen LogP contribution in [0, 0.1) is 5.41 Å². The number of carboxylic acids is 2. The van der Waals surface area contributed by atoms with Crippen LogP contribution in [-0.2, 0) is 19.1 Å². The second kappa shape index (κ2) is 8.70. The van der Waals surface area contributed by atoms with Crippen molar-refractivity contribution in [3.8, 4) is 5.75 Å². The first-order valence-electron chi connectivity index (χ1n) is 8.25. The highest BCUT2D eigenvalue weighted by Crippen LogP contribution is 2.32. The average Bonchev–Trinajstić information content (AvgIpc) is 2.53. The van der Waals surface area contributed by atoms with Gasteiger partial charge in [0.1, 0.15) is 12.4 Å². The Kier molecular flexibility index (Phi) is 6.86. The Morgan fingerprint density at radius 2 is 1.81 bits per heavy atom. The summed E-state index contributed by atoms with van der Waals surface area (Å²) >= 11 is 6.14. The van der Waals surface area contributed by atoms with E-state index in [4.69, 9.17) is 36.0 Å². The van der Waals surface area contributed by atoms with E-state index in [1.54, 1.807) is 18.2 Å². The van der Waals surface area contributed by atoms with Crippen molar-refractivity contribution in [2.75, 3.05) is 19.8 Å². The van der Waals surface area contributed by atoms with Crippen LogP contribution in [0.2, 0.25) is 5.02 Å². The minimum Gasteiger partial charge on any atom is -0.487 e. The minimum atomic E-state index is -1.07. The van der Waals surface area contributed by atoms with E-state index in [1.165, 1.54) is 0 Å². The highest BCUT2D eigenvalue weighted by atomic mass is 35.5. The first kappa shape index (κ1) is 20.5. The van der Waals surface area contributed by atoms with Crippen molar-refractivity contribution in [3.63, 3.8) is 0 Å². The van der Waals surface area contributed by atoms with E-state index < -0.39 is 24.1 Å². The fourth-order valence-corrected chi connectivity index (χ4v) is 2.77. The molecule has 0 bridgehead atoms. The van der Waals surface area contributed by atoms with Crippen LogP contribution in [-0.4, -0.2) is 48.3 Å². The third-order valence-electron chi connectivity index (χ3n) is 3.96. The minimum absolute atomic E-state index is 0.0467. The van der Waals surface area contributed by atoms with Gasteiger partial charge in [-0.25, -0.2) is 0 Å². The van der Waals surface area contributed by atoms with Gasteiger partial charge >= 0.3 is 11.9 Å². The summed E-state index contributed by atoms with van der Waals surface area (Å²) in [6, 6.07) is 4.75. The molecular weight excluding hydrogens is 364 g/mol. The number of hydrogen-bond donors (Lipinski definition) is 2. The lowest BCUT2D eigenvalue weighted by atomic mass is 9.92. The maximum atomic E-state index is 11.0. The molecular formula is C18H23ClO7. The van der Waals surface area contributed by atoms with E-state index in [0.29, 0.717) is 29.5 Å². The van der Waals surface area contributed by atoms with Gasteiger partial charge in [0.15, 0.2) is 6.29 Å². The van der Waals surface area contributed by atoms with E-state index in [-0.39, 0.29) is 24.9 Å². The van der Waals surface area contributed by atoms with E-state index in [1.807, 2.05) is 13.8 Å². The number of rotatable bonds is 8. The fraction of sp³-hybridized carbons (Fsp3) is 0.556. The average molecular weight is 387 g/mol. The van der Waals surface area contributed by atoms with Crippen molar-refractivity contribution < 1.29 is 34.0 Å². The van der Waals surface area contributed by atoms with Crippen LogP contribution in [0.15, 0.2) is 18.2 Å². The van der Waals surface area contributed by atoms with Crippen molar-refractivity contribution in [1.82, 2.24) is 0 Å². The zero-order valence-electron chi connectivity index (χ0n) is 14.7. The summed E-state index contributed by atoms with van der Waals surface area (Å²) in [5.74, 6) is -2.48. The Balaban J connectivity index is 2.05. The van der Waals surface area contributed by atoms with E-state index >= 15 is 0 Å². The van der Waals surface area contributed by atoms with Gasteiger partial charge in [-0.3, -0.25) is 9.59 Å².